The number of fused-ring (bicyclic) bond motifs is 2. The summed E-state index contributed by atoms with van der Waals surface area (Å²) in [5.41, 5.74) is 0.776. The molecule has 4 nitrogen and oxygen atoms in total. The SMILES string of the molecule is N#CCc1nccc2cc3c(cc12)OCO3. The predicted molar refractivity (Wildman–Crippen MR) is 57.2 cm³/mol. The average molecular weight is 212 g/mol. The van der Waals surface area contributed by atoms with E-state index in [1.807, 2.05) is 18.2 Å². The molecule has 2 heterocycles. The maximum atomic E-state index is 8.73. The minimum atomic E-state index is 0.257. The standard InChI is InChI=1S/C12H8N2O2/c13-3-1-10-9-6-12-11(15-7-16-12)5-8(9)2-4-14-10/h2,4-6H,1,7H2. The van der Waals surface area contributed by atoms with Crippen LogP contribution in [0.15, 0.2) is 24.4 Å². The van der Waals surface area contributed by atoms with E-state index in [0.29, 0.717) is 6.42 Å². The van der Waals surface area contributed by atoms with Crippen molar-refractivity contribution in [3.05, 3.63) is 30.1 Å². The van der Waals surface area contributed by atoms with E-state index in [4.69, 9.17) is 14.7 Å². The van der Waals surface area contributed by atoms with Gasteiger partial charge in [-0.15, -0.1) is 0 Å². The molecule has 0 unspecified atom stereocenters. The summed E-state index contributed by atoms with van der Waals surface area (Å²) in [4.78, 5) is 4.20. The number of hydrogen-bond donors (Lipinski definition) is 0. The number of nitriles is 1. The fourth-order valence-electron chi connectivity index (χ4n) is 1.84. The van der Waals surface area contributed by atoms with Crippen molar-refractivity contribution in [2.24, 2.45) is 0 Å². The second-order valence-corrected chi connectivity index (χ2v) is 3.52. The minimum Gasteiger partial charge on any atom is -0.454 e. The van der Waals surface area contributed by atoms with Gasteiger partial charge in [0.25, 0.3) is 0 Å². The van der Waals surface area contributed by atoms with Gasteiger partial charge in [-0.2, -0.15) is 5.26 Å². The molecule has 0 aliphatic carbocycles. The van der Waals surface area contributed by atoms with E-state index in [9.17, 15) is 0 Å². The van der Waals surface area contributed by atoms with Crippen LogP contribution in [0.25, 0.3) is 10.8 Å². The largest absolute Gasteiger partial charge is 0.454 e. The molecule has 0 N–H and O–H groups in total. The Kier molecular flexibility index (Phi) is 1.90. The summed E-state index contributed by atoms with van der Waals surface area (Å²) in [5.74, 6) is 1.47. The molecule has 2 aromatic rings. The number of nitrogens with zero attached hydrogens (tertiary/aromatic N) is 2. The van der Waals surface area contributed by atoms with Crippen molar-refractivity contribution in [2.75, 3.05) is 6.79 Å². The molecule has 0 amide bonds. The summed E-state index contributed by atoms with van der Waals surface area (Å²) in [6.45, 7) is 0.257. The molecule has 1 aromatic heterocycles. The van der Waals surface area contributed by atoms with Gasteiger partial charge in [0.1, 0.15) is 0 Å². The van der Waals surface area contributed by atoms with E-state index < -0.39 is 0 Å². The van der Waals surface area contributed by atoms with Crippen LogP contribution < -0.4 is 9.47 Å². The Morgan fingerprint density at radius 3 is 2.94 bits per heavy atom. The van der Waals surface area contributed by atoms with Gasteiger partial charge in [-0.3, -0.25) is 4.98 Å². The highest BCUT2D eigenvalue weighted by Gasteiger charge is 2.15. The van der Waals surface area contributed by atoms with E-state index in [2.05, 4.69) is 11.1 Å². The Labute approximate surface area is 92.0 Å². The summed E-state index contributed by atoms with van der Waals surface area (Å²) in [5, 5.41) is 10.7. The Morgan fingerprint density at radius 2 is 2.12 bits per heavy atom. The zero-order valence-electron chi connectivity index (χ0n) is 8.43. The minimum absolute atomic E-state index is 0.257. The lowest BCUT2D eigenvalue weighted by molar-refractivity contribution is 0.174. The summed E-state index contributed by atoms with van der Waals surface area (Å²) >= 11 is 0. The summed E-state index contributed by atoms with van der Waals surface area (Å²) in [6, 6.07) is 7.81. The van der Waals surface area contributed by atoms with Crippen LogP contribution in [0.2, 0.25) is 0 Å². The Balaban J connectivity index is 2.27. The van der Waals surface area contributed by atoms with E-state index >= 15 is 0 Å². The van der Waals surface area contributed by atoms with Crippen molar-refractivity contribution in [3.8, 4) is 17.6 Å². The molecule has 0 atom stereocenters. The molecule has 0 fully saturated rings. The van der Waals surface area contributed by atoms with Crippen LogP contribution in [0.4, 0.5) is 0 Å². The maximum Gasteiger partial charge on any atom is 0.231 e. The lowest BCUT2D eigenvalue weighted by atomic mass is 10.1. The Morgan fingerprint density at radius 1 is 1.31 bits per heavy atom. The third kappa shape index (κ3) is 1.26. The van der Waals surface area contributed by atoms with Crippen LogP contribution in [-0.2, 0) is 6.42 Å². The van der Waals surface area contributed by atoms with Gasteiger partial charge in [0.05, 0.1) is 18.2 Å². The fourth-order valence-corrected chi connectivity index (χ4v) is 1.84. The predicted octanol–water partition coefficient (Wildman–Crippen LogP) is 2.03. The van der Waals surface area contributed by atoms with Gasteiger partial charge in [0, 0.05) is 11.6 Å². The molecule has 0 bridgehead atoms. The molecule has 0 spiro atoms. The van der Waals surface area contributed by atoms with Crippen LogP contribution in [0.1, 0.15) is 5.69 Å². The molecule has 3 rings (SSSR count). The average Bonchev–Trinajstić information content (AvgIpc) is 2.74. The first-order valence-electron chi connectivity index (χ1n) is 4.92. The molecular weight excluding hydrogens is 204 g/mol. The van der Waals surface area contributed by atoms with Crippen molar-refractivity contribution in [2.45, 2.75) is 6.42 Å². The molecule has 0 saturated carbocycles. The zero-order chi connectivity index (χ0) is 11.0. The van der Waals surface area contributed by atoms with Crippen molar-refractivity contribution in [1.29, 1.82) is 5.26 Å². The van der Waals surface area contributed by atoms with Crippen molar-refractivity contribution in [1.82, 2.24) is 4.98 Å². The van der Waals surface area contributed by atoms with Crippen LogP contribution in [0.5, 0.6) is 11.5 Å². The summed E-state index contributed by atoms with van der Waals surface area (Å²) in [6.07, 6.45) is 2.01. The Hall–Kier alpha value is -2.28. The van der Waals surface area contributed by atoms with Gasteiger partial charge in [0.15, 0.2) is 11.5 Å². The summed E-state index contributed by atoms with van der Waals surface area (Å²) < 4.78 is 10.6. The van der Waals surface area contributed by atoms with Gasteiger partial charge >= 0.3 is 0 Å². The maximum absolute atomic E-state index is 8.73. The second-order valence-electron chi connectivity index (χ2n) is 3.52. The number of benzene rings is 1. The lowest BCUT2D eigenvalue weighted by Gasteiger charge is -2.03. The first kappa shape index (κ1) is 8.98. The molecule has 4 heteroatoms. The molecule has 78 valence electrons. The van der Waals surface area contributed by atoms with Gasteiger partial charge in [-0.05, 0) is 23.6 Å². The van der Waals surface area contributed by atoms with Crippen LogP contribution in [0.3, 0.4) is 0 Å². The molecule has 0 saturated heterocycles. The number of ether oxygens (including phenoxy) is 2. The molecule has 1 aromatic carbocycles. The second kappa shape index (κ2) is 3.38. The highest BCUT2D eigenvalue weighted by atomic mass is 16.7. The van der Waals surface area contributed by atoms with Gasteiger partial charge in [-0.1, -0.05) is 0 Å². The lowest BCUT2D eigenvalue weighted by Crippen LogP contribution is -1.92. The first-order chi connectivity index (χ1) is 7.88. The monoisotopic (exact) mass is 212 g/mol. The highest BCUT2D eigenvalue weighted by molar-refractivity contribution is 5.88. The molecular formula is C12H8N2O2. The van der Waals surface area contributed by atoms with Gasteiger partial charge in [-0.25, -0.2) is 0 Å². The quantitative estimate of drug-likeness (QED) is 0.725. The Bertz CT molecular complexity index is 602. The molecule has 1 aliphatic rings. The van der Waals surface area contributed by atoms with Crippen LogP contribution in [-0.4, -0.2) is 11.8 Å². The molecule has 16 heavy (non-hydrogen) atoms. The van der Waals surface area contributed by atoms with E-state index in [-0.39, 0.29) is 6.79 Å². The number of hydrogen-bond acceptors (Lipinski definition) is 4. The number of rotatable bonds is 1. The van der Waals surface area contributed by atoms with Crippen molar-refractivity contribution < 1.29 is 9.47 Å². The fraction of sp³-hybridized carbons (Fsp3) is 0.167. The van der Waals surface area contributed by atoms with Gasteiger partial charge in [0.2, 0.25) is 6.79 Å². The molecule has 0 radical (unpaired) electrons. The third-order valence-corrected chi connectivity index (χ3v) is 2.59. The van der Waals surface area contributed by atoms with E-state index in [0.717, 1.165) is 28.0 Å². The molecule has 1 aliphatic heterocycles. The van der Waals surface area contributed by atoms with E-state index in [1.54, 1.807) is 6.20 Å². The third-order valence-electron chi connectivity index (χ3n) is 2.59. The zero-order valence-corrected chi connectivity index (χ0v) is 8.43. The normalized spacial score (nSPS) is 12.7. The van der Waals surface area contributed by atoms with Crippen LogP contribution in [0, 0.1) is 11.3 Å². The number of aromatic nitrogens is 1. The smallest absolute Gasteiger partial charge is 0.231 e. The van der Waals surface area contributed by atoms with Crippen molar-refractivity contribution in [3.63, 3.8) is 0 Å². The first-order valence-corrected chi connectivity index (χ1v) is 4.92. The highest BCUT2D eigenvalue weighted by Crippen LogP contribution is 2.36. The van der Waals surface area contributed by atoms with Crippen molar-refractivity contribution >= 4 is 10.8 Å². The van der Waals surface area contributed by atoms with Crippen LogP contribution >= 0.6 is 0 Å². The topological polar surface area (TPSA) is 55.1 Å². The summed E-state index contributed by atoms with van der Waals surface area (Å²) in [7, 11) is 0. The van der Waals surface area contributed by atoms with E-state index in [1.165, 1.54) is 0 Å². The van der Waals surface area contributed by atoms with Gasteiger partial charge < -0.3 is 9.47 Å². The number of pyridine rings is 1.